The molecule has 1 aliphatic heterocycles. The van der Waals surface area contributed by atoms with Crippen LogP contribution in [0.2, 0.25) is 0 Å². The fourth-order valence-corrected chi connectivity index (χ4v) is 4.10. The largest absolute Gasteiger partial charge is 0.534 e. The number of carbonyl (C=O) groups excluding carboxylic acids is 1. The fourth-order valence-electron chi connectivity index (χ4n) is 3.64. The van der Waals surface area contributed by atoms with Crippen LogP contribution in [0.3, 0.4) is 0 Å². The van der Waals surface area contributed by atoms with Crippen LogP contribution in [0.1, 0.15) is 38.7 Å². The SMILES string of the molecule is CCCN(CCC)C(=O)C1=Cc2ccc(-c3ccc(OS(=O)(=O)C(F)(F)F)cc3)cc2N=C(N)C1. The van der Waals surface area contributed by atoms with Crippen molar-refractivity contribution in [2.24, 2.45) is 10.7 Å². The lowest BCUT2D eigenvalue weighted by Gasteiger charge is -2.22. The number of hydrogen-bond acceptors (Lipinski definition) is 6. The van der Waals surface area contributed by atoms with Gasteiger partial charge in [0.05, 0.1) is 5.69 Å². The first-order valence-electron chi connectivity index (χ1n) is 11.0. The Kier molecular flexibility index (Phi) is 7.89. The third kappa shape index (κ3) is 6.21. The summed E-state index contributed by atoms with van der Waals surface area (Å²) in [5.74, 6) is -0.249. The normalized spacial score (nSPS) is 13.9. The third-order valence-electron chi connectivity index (χ3n) is 5.22. The summed E-state index contributed by atoms with van der Waals surface area (Å²) in [6.45, 7) is 5.32. The number of amides is 1. The van der Waals surface area contributed by atoms with Crippen molar-refractivity contribution in [3.05, 3.63) is 53.6 Å². The molecule has 0 spiro atoms. The van der Waals surface area contributed by atoms with Crippen LogP contribution in [0.4, 0.5) is 18.9 Å². The van der Waals surface area contributed by atoms with Crippen LogP contribution in [-0.4, -0.2) is 43.7 Å². The van der Waals surface area contributed by atoms with Crippen molar-refractivity contribution in [3.8, 4) is 16.9 Å². The van der Waals surface area contributed by atoms with E-state index in [2.05, 4.69) is 9.18 Å². The monoisotopic (exact) mass is 509 g/mol. The Labute approximate surface area is 202 Å². The summed E-state index contributed by atoms with van der Waals surface area (Å²) < 4.78 is 64.1. The highest BCUT2D eigenvalue weighted by molar-refractivity contribution is 7.88. The molecule has 0 bridgehead atoms. The van der Waals surface area contributed by atoms with Gasteiger partial charge in [-0.2, -0.15) is 21.6 Å². The molecule has 0 unspecified atom stereocenters. The maximum atomic E-state index is 13.1. The second kappa shape index (κ2) is 10.5. The predicted octanol–water partition coefficient (Wildman–Crippen LogP) is 5.01. The number of carbonyl (C=O) groups is 1. The molecule has 1 aliphatic rings. The van der Waals surface area contributed by atoms with Gasteiger partial charge in [-0.05, 0) is 48.2 Å². The van der Waals surface area contributed by atoms with Crippen LogP contribution in [0, 0.1) is 0 Å². The zero-order chi connectivity index (χ0) is 25.8. The molecule has 0 saturated carbocycles. The minimum Gasteiger partial charge on any atom is -0.387 e. The number of fused-ring (bicyclic) bond motifs is 1. The van der Waals surface area contributed by atoms with E-state index in [4.69, 9.17) is 5.73 Å². The Bertz CT molecular complexity index is 1250. The topological polar surface area (TPSA) is 102 Å². The van der Waals surface area contributed by atoms with Crippen LogP contribution in [0.25, 0.3) is 17.2 Å². The third-order valence-corrected chi connectivity index (χ3v) is 6.20. The molecule has 0 radical (unpaired) electrons. The molecule has 2 N–H and O–H groups in total. The highest BCUT2D eigenvalue weighted by Crippen LogP contribution is 2.33. The van der Waals surface area contributed by atoms with E-state index < -0.39 is 21.4 Å². The van der Waals surface area contributed by atoms with Gasteiger partial charge in [0.1, 0.15) is 11.6 Å². The standard InChI is InChI=1S/C24H26F3N3O4S/c1-3-11-30(12-4-2)23(31)19-13-18-6-5-17(14-21(18)29-22(28)15-19)16-7-9-20(10-8-16)34-35(32,33)24(25,26)27/h5-10,13-14H,3-4,11-12,15H2,1-2H3,(H2,28,29). The highest BCUT2D eigenvalue weighted by atomic mass is 32.2. The van der Waals surface area contributed by atoms with Crippen LogP contribution in [0.15, 0.2) is 53.0 Å². The average Bonchev–Trinajstić information content (AvgIpc) is 2.95. The zero-order valence-electron chi connectivity index (χ0n) is 19.3. The molecular formula is C24H26F3N3O4S. The quantitative estimate of drug-likeness (QED) is 0.398. The van der Waals surface area contributed by atoms with Crippen LogP contribution in [-0.2, 0) is 14.9 Å². The summed E-state index contributed by atoms with van der Waals surface area (Å²) in [5, 5.41) is 0. The molecule has 7 nitrogen and oxygen atoms in total. The summed E-state index contributed by atoms with van der Waals surface area (Å²) >= 11 is 0. The maximum Gasteiger partial charge on any atom is 0.534 e. The molecular weight excluding hydrogens is 483 g/mol. The van der Waals surface area contributed by atoms with Crippen molar-refractivity contribution in [3.63, 3.8) is 0 Å². The molecule has 0 aliphatic carbocycles. The van der Waals surface area contributed by atoms with Gasteiger partial charge in [0.25, 0.3) is 0 Å². The number of aliphatic imine (C=N–C) groups is 1. The molecule has 2 aromatic rings. The number of amidine groups is 1. The molecule has 188 valence electrons. The van der Waals surface area contributed by atoms with Crippen molar-refractivity contribution >= 4 is 33.6 Å². The van der Waals surface area contributed by atoms with Gasteiger partial charge < -0.3 is 14.8 Å². The van der Waals surface area contributed by atoms with Crippen molar-refractivity contribution < 1.29 is 30.6 Å². The van der Waals surface area contributed by atoms with Crippen LogP contribution in [0.5, 0.6) is 5.75 Å². The van der Waals surface area contributed by atoms with Gasteiger partial charge in [0, 0.05) is 30.6 Å². The lowest BCUT2D eigenvalue weighted by atomic mass is 10.0. The van der Waals surface area contributed by atoms with E-state index in [-0.39, 0.29) is 18.2 Å². The lowest BCUT2D eigenvalue weighted by molar-refractivity contribution is -0.127. The predicted molar refractivity (Wildman–Crippen MR) is 129 cm³/mol. The highest BCUT2D eigenvalue weighted by Gasteiger charge is 2.48. The minimum atomic E-state index is -5.75. The molecule has 0 fully saturated rings. The van der Waals surface area contributed by atoms with Gasteiger partial charge in [-0.25, -0.2) is 4.99 Å². The second-order valence-electron chi connectivity index (χ2n) is 8.02. The molecule has 1 heterocycles. The Hall–Kier alpha value is -3.34. The summed E-state index contributed by atoms with van der Waals surface area (Å²) in [4.78, 5) is 19.3. The lowest BCUT2D eigenvalue weighted by Crippen LogP contribution is -2.34. The van der Waals surface area contributed by atoms with Gasteiger partial charge >= 0.3 is 15.6 Å². The summed E-state index contributed by atoms with van der Waals surface area (Å²) in [6, 6.07) is 10.4. The number of rotatable bonds is 8. The summed E-state index contributed by atoms with van der Waals surface area (Å²) in [7, 11) is -5.75. The first-order valence-corrected chi connectivity index (χ1v) is 12.4. The van der Waals surface area contributed by atoms with Gasteiger partial charge in [0.15, 0.2) is 0 Å². The number of benzene rings is 2. The smallest absolute Gasteiger partial charge is 0.387 e. The van der Waals surface area contributed by atoms with Crippen LogP contribution >= 0.6 is 0 Å². The molecule has 0 saturated heterocycles. The second-order valence-corrected chi connectivity index (χ2v) is 9.56. The molecule has 0 aromatic heterocycles. The van der Waals surface area contributed by atoms with Crippen molar-refractivity contribution in [1.82, 2.24) is 4.90 Å². The summed E-state index contributed by atoms with van der Waals surface area (Å²) in [5.41, 5.74) is 3.66. The molecule has 11 heteroatoms. The number of alkyl halides is 3. The van der Waals surface area contributed by atoms with Gasteiger partial charge in [-0.1, -0.05) is 38.1 Å². The Morgan fingerprint density at radius 2 is 1.66 bits per heavy atom. The fraction of sp³-hybridized carbons (Fsp3) is 0.333. The average molecular weight is 510 g/mol. The van der Waals surface area contributed by atoms with Crippen LogP contribution < -0.4 is 9.92 Å². The molecule has 35 heavy (non-hydrogen) atoms. The van der Waals surface area contributed by atoms with Gasteiger partial charge in [-0.15, -0.1) is 0 Å². The van der Waals surface area contributed by atoms with E-state index in [1.807, 2.05) is 13.8 Å². The van der Waals surface area contributed by atoms with E-state index in [9.17, 15) is 26.4 Å². The van der Waals surface area contributed by atoms with E-state index in [0.29, 0.717) is 41.0 Å². The first kappa shape index (κ1) is 26.3. The Morgan fingerprint density at radius 3 is 2.23 bits per heavy atom. The number of nitrogens with two attached hydrogens (primary N) is 1. The van der Waals surface area contributed by atoms with E-state index >= 15 is 0 Å². The zero-order valence-corrected chi connectivity index (χ0v) is 20.1. The van der Waals surface area contributed by atoms with Crippen molar-refractivity contribution in [2.75, 3.05) is 13.1 Å². The van der Waals surface area contributed by atoms with Crippen molar-refractivity contribution in [1.29, 1.82) is 0 Å². The van der Waals surface area contributed by atoms with E-state index in [1.165, 1.54) is 12.1 Å². The number of hydrogen-bond donors (Lipinski definition) is 1. The molecule has 0 atom stereocenters. The van der Waals surface area contributed by atoms with Gasteiger partial charge in [0.2, 0.25) is 5.91 Å². The maximum absolute atomic E-state index is 13.1. The van der Waals surface area contributed by atoms with Crippen molar-refractivity contribution in [2.45, 2.75) is 38.6 Å². The number of nitrogens with zero attached hydrogens (tertiary/aromatic N) is 2. The van der Waals surface area contributed by atoms with Gasteiger partial charge in [-0.3, -0.25) is 4.79 Å². The summed E-state index contributed by atoms with van der Waals surface area (Å²) in [6.07, 6.45) is 3.68. The first-order chi connectivity index (χ1) is 16.4. The van der Waals surface area contributed by atoms with E-state index in [0.717, 1.165) is 25.0 Å². The minimum absolute atomic E-state index is 0.0758. The Balaban J connectivity index is 1.89. The molecule has 1 amide bonds. The molecule has 3 rings (SSSR count). The Morgan fingerprint density at radius 1 is 1.06 bits per heavy atom. The number of halogens is 3. The van der Waals surface area contributed by atoms with E-state index in [1.54, 1.807) is 29.2 Å². The molecule has 2 aromatic carbocycles.